The third-order valence-electron chi connectivity index (χ3n) is 3.09. The highest BCUT2D eigenvalue weighted by atomic mass is 127. The van der Waals surface area contributed by atoms with E-state index in [0.717, 1.165) is 36.8 Å². The van der Waals surface area contributed by atoms with Gasteiger partial charge in [-0.2, -0.15) is 11.8 Å². The fourth-order valence-electron chi connectivity index (χ4n) is 1.94. The molecule has 0 aromatic heterocycles. The molecule has 136 valence electrons. The van der Waals surface area contributed by atoms with Crippen LogP contribution < -0.4 is 16.0 Å². The van der Waals surface area contributed by atoms with E-state index in [1.54, 1.807) is 11.8 Å². The molecule has 0 fully saturated rings. The van der Waals surface area contributed by atoms with Crippen LogP contribution in [-0.4, -0.2) is 43.5 Å². The minimum absolute atomic E-state index is 0. The average Bonchev–Trinajstić information content (AvgIpc) is 2.58. The summed E-state index contributed by atoms with van der Waals surface area (Å²) in [4.78, 5) is 16.6. The van der Waals surface area contributed by atoms with Gasteiger partial charge in [-0.05, 0) is 37.3 Å². The summed E-state index contributed by atoms with van der Waals surface area (Å²) in [7, 11) is 0. The Kier molecular flexibility index (Phi) is 13.8. The molecule has 0 heterocycles. The first kappa shape index (κ1) is 23.0. The normalized spacial score (nSPS) is 10.7. The number of thioether (sulfide) groups is 1. The van der Waals surface area contributed by atoms with Crippen molar-refractivity contribution in [2.75, 3.05) is 31.6 Å². The number of aliphatic imine (C=N–C) groups is 1. The molecule has 0 aliphatic heterocycles. The van der Waals surface area contributed by atoms with E-state index < -0.39 is 0 Å². The second-order valence-corrected chi connectivity index (χ2v) is 6.06. The molecule has 0 saturated heterocycles. The zero-order valence-corrected chi connectivity index (χ0v) is 17.9. The van der Waals surface area contributed by atoms with Crippen molar-refractivity contribution in [1.82, 2.24) is 16.0 Å². The molecule has 24 heavy (non-hydrogen) atoms. The zero-order valence-electron chi connectivity index (χ0n) is 14.7. The average molecular weight is 464 g/mol. The van der Waals surface area contributed by atoms with Crippen molar-refractivity contribution in [1.29, 1.82) is 0 Å². The summed E-state index contributed by atoms with van der Waals surface area (Å²) in [6, 6.07) is 7.63. The Morgan fingerprint density at radius 3 is 2.62 bits per heavy atom. The van der Waals surface area contributed by atoms with Gasteiger partial charge in [-0.1, -0.05) is 19.1 Å². The summed E-state index contributed by atoms with van der Waals surface area (Å²) >= 11 is 1.80. The van der Waals surface area contributed by atoms with Gasteiger partial charge < -0.3 is 16.0 Å². The Morgan fingerprint density at radius 2 is 1.96 bits per heavy atom. The monoisotopic (exact) mass is 464 g/mol. The van der Waals surface area contributed by atoms with Gasteiger partial charge in [0.05, 0.1) is 6.54 Å². The molecule has 1 aromatic rings. The van der Waals surface area contributed by atoms with E-state index in [1.165, 1.54) is 0 Å². The summed E-state index contributed by atoms with van der Waals surface area (Å²) in [6.45, 7) is 7.04. The maximum Gasteiger partial charge on any atom is 0.251 e. The number of hydrogen-bond acceptors (Lipinski definition) is 3. The molecule has 1 aromatic carbocycles. The van der Waals surface area contributed by atoms with E-state index in [0.29, 0.717) is 18.7 Å². The first-order chi connectivity index (χ1) is 11.2. The summed E-state index contributed by atoms with van der Waals surface area (Å²) in [5.74, 6) is 1.82. The highest BCUT2D eigenvalue weighted by Crippen LogP contribution is 2.07. The van der Waals surface area contributed by atoms with Gasteiger partial charge in [0.1, 0.15) is 0 Å². The second-order valence-electron chi connectivity index (χ2n) is 5.07. The topological polar surface area (TPSA) is 65.5 Å². The van der Waals surface area contributed by atoms with Crippen molar-refractivity contribution >= 4 is 47.6 Å². The van der Waals surface area contributed by atoms with Gasteiger partial charge in [0, 0.05) is 31.0 Å². The SMILES string of the molecule is CCCNC(=O)c1cccc(CN=C(NCC)NCCSC)c1.I. The summed E-state index contributed by atoms with van der Waals surface area (Å²) in [5, 5.41) is 9.42. The lowest BCUT2D eigenvalue weighted by Gasteiger charge is -2.11. The zero-order chi connectivity index (χ0) is 16.9. The standard InChI is InChI=1S/C17H28N4OS.HI/c1-4-9-19-16(22)15-8-6-7-14(12-15)13-21-17(18-5-2)20-10-11-23-3;/h6-8,12H,4-5,9-11,13H2,1-3H3,(H,19,22)(H2,18,20,21);1H. The Labute approximate surface area is 166 Å². The number of amides is 1. The Morgan fingerprint density at radius 1 is 1.17 bits per heavy atom. The number of halogens is 1. The Balaban J connectivity index is 0.00000529. The van der Waals surface area contributed by atoms with Crippen molar-refractivity contribution in [3.8, 4) is 0 Å². The maximum atomic E-state index is 12.0. The van der Waals surface area contributed by atoms with Gasteiger partial charge in [0.25, 0.3) is 5.91 Å². The van der Waals surface area contributed by atoms with Gasteiger partial charge in [-0.25, -0.2) is 4.99 Å². The molecule has 0 bridgehead atoms. The summed E-state index contributed by atoms with van der Waals surface area (Å²) in [6.07, 6.45) is 3.02. The smallest absolute Gasteiger partial charge is 0.251 e. The number of guanidine groups is 1. The quantitative estimate of drug-likeness (QED) is 0.228. The molecule has 0 saturated carbocycles. The predicted octanol–water partition coefficient (Wildman–Crippen LogP) is 2.86. The van der Waals surface area contributed by atoms with Crippen molar-refractivity contribution in [2.45, 2.75) is 26.8 Å². The lowest BCUT2D eigenvalue weighted by atomic mass is 10.1. The summed E-state index contributed by atoms with van der Waals surface area (Å²) in [5.41, 5.74) is 1.71. The number of carbonyl (C=O) groups excluding carboxylic acids is 1. The van der Waals surface area contributed by atoms with E-state index >= 15 is 0 Å². The largest absolute Gasteiger partial charge is 0.357 e. The van der Waals surface area contributed by atoms with Crippen LogP contribution in [0.1, 0.15) is 36.2 Å². The Hall–Kier alpha value is -0.960. The minimum atomic E-state index is -0.0253. The number of rotatable bonds is 9. The van der Waals surface area contributed by atoms with Crippen LogP contribution in [0.3, 0.4) is 0 Å². The van der Waals surface area contributed by atoms with Gasteiger partial charge in [-0.15, -0.1) is 24.0 Å². The number of hydrogen-bond donors (Lipinski definition) is 3. The van der Waals surface area contributed by atoms with Crippen LogP contribution in [0.15, 0.2) is 29.3 Å². The molecule has 0 radical (unpaired) electrons. The molecule has 7 heteroatoms. The van der Waals surface area contributed by atoms with E-state index in [1.807, 2.05) is 38.1 Å². The van der Waals surface area contributed by atoms with E-state index in [-0.39, 0.29) is 29.9 Å². The van der Waals surface area contributed by atoms with Crippen LogP contribution in [0, 0.1) is 0 Å². The van der Waals surface area contributed by atoms with Crippen molar-refractivity contribution < 1.29 is 4.79 Å². The van der Waals surface area contributed by atoms with Crippen molar-refractivity contribution in [3.05, 3.63) is 35.4 Å². The summed E-state index contributed by atoms with van der Waals surface area (Å²) < 4.78 is 0. The van der Waals surface area contributed by atoms with Crippen LogP contribution in [0.25, 0.3) is 0 Å². The van der Waals surface area contributed by atoms with Crippen molar-refractivity contribution in [2.24, 2.45) is 4.99 Å². The molecule has 0 aliphatic carbocycles. The van der Waals surface area contributed by atoms with Crippen LogP contribution in [0.5, 0.6) is 0 Å². The van der Waals surface area contributed by atoms with Crippen LogP contribution >= 0.6 is 35.7 Å². The molecule has 0 unspecified atom stereocenters. The van der Waals surface area contributed by atoms with Gasteiger partial charge in [0.15, 0.2) is 5.96 Å². The minimum Gasteiger partial charge on any atom is -0.357 e. The molecule has 5 nitrogen and oxygen atoms in total. The first-order valence-corrected chi connectivity index (χ1v) is 9.48. The predicted molar refractivity (Wildman–Crippen MR) is 116 cm³/mol. The fourth-order valence-corrected chi connectivity index (χ4v) is 2.24. The molecule has 0 spiro atoms. The number of carbonyl (C=O) groups is 1. The van der Waals surface area contributed by atoms with Crippen LogP contribution in [-0.2, 0) is 6.54 Å². The maximum absolute atomic E-state index is 12.0. The van der Waals surface area contributed by atoms with Crippen LogP contribution in [0.2, 0.25) is 0 Å². The van der Waals surface area contributed by atoms with Crippen molar-refractivity contribution in [3.63, 3.8) is 0 Å². The second kappa shape index (κ2) is 14.4. The lowest BCUT2D eigenvalue weighted by molar-refractivity contribution is 0.0953. The first-order valence-electron chi connectivity index (χ1n) is 8.09. The third-order valence-corrected chi connectivity index (χ3v) is 3.70. The number of benzene rings is 1. The number of nitrogens with one attached hydrogen (secondary N) is 3. The molecule has 3 N–H and O–H groups in total. The molecular weight excluding hydrogens is 435 g/mol. The van der Waals surface area contributed by atoms with Gasteiger partial charge in [-0.3, -0.25) is 4.79 Å². The lowest BCUT2D eigenvalue weighted by Crippen LogP contribution is -2.38. The highest BCUT2D eigenvalue weighted by Gasteiger charge is 2.05. The van der Waals surface area contributed by atoms with E-state index in [2.05, 4.69) is 27.2 Å². The molecular formula is C17H29IN4OS. The fraction of sp³-hybridized carbons (Fsp3) is 0.529. The molecule has 0 atom stereocenters. The molecule has 1 rings (SSSR count). The highest BCUT2D eigenvalue weighted by molar-refractivity contribution is 14.0. The van der Waals surface area contributed by atoms with Gasteiger partial charge >= 0.3 is 0 Å². The number of nitrogens with zero attached hydrogens (tertiary/aromatic N) is 1. The Bertz CT molecular complexity index is 511. The van der Waals surface area contributed by atoms with E-state index in [9.17, 15) is 4.79 Å². The van der Waals surface area contributed by atoms with Gasteiger partial charge in [0.2, 0.25) is 0 Å². The molecule has 1 amide bonds. The van der Waals surface area contributed by atoms with E-state index in [4.69, 9.17) is 0 Å². The molecule has 0 aliphatic rings. The van der Waals surface area contributed by atoms with Crippen LogP contribution in [0.4, 0.5) is 0 Å². The third kappa shape index (κ3) is 9.36.